The zero-order valence-electron chi connectivity index (χ0n) is 7.19. The van der Waals surface area contributed by atoms with E-state index in [0.29, 0.717) is 6.42 Å². The summed E-state index contributed by atoms with van der Waals surface area (Å²) in [7, 11) is 0. The maximum absolute atomic E-state index is 12.3. The second kappa shape index (κ2) is 5.86. The summed E-state index contributed by atoms with van der Waals surface area (Å²) in [4.78, 5) is -3.13. The second-order valence-corrected chi connectivity index (χ2v) is 3.96. The van der Waals surface area contributed by atoms with E-state index in [9.17, 15) is 8.78 Å². The molecule has 0 rings (SSSR count). The Morgan fingerprint density at radius 2 is 1.92 bits per heavy atom. The lowest BCUT2D eigenvalue weighted by Crippen LogP contribution is -2.26. The predicted molar refractivity (Wildman–Crippen MR) is 48.6 cm³/mol. The summed E-state index contributed by atoms with van der Waals surface area (Å²) in [5, 5.41) is 8.89. The SMILES string of the molecule is CCCCCCC(O)C(F)(F)Br. The molecule has 0 aliphatic heterocycles. The van der Waals surface area contributed by atoms with Crippen LogP contribution in [0.4, 0.5) is 8.78 Å². The first-order chi connectivity index (χ1) is 5.48. The van der Waals surface area contributed by atoms with Gasteiger partial charge in [0.1, 0.15) is 6.10 Å². The monoisotopic (exact) mass is 244 g/mol. The Balaban J connectivity index is 3.38. The van der Waals surface area contributed by atoms with Crippen LogP contribution in [0, 0.1) is 0 Å². The highest BCUT2D eigenvalue weighted by Gasteiger charge is 2.33. The molecule has 1 nitrogen and oxygen atoms in total. The van der Waals surface area contributed by atoms with Crippen LogP contribution in [-0.4, -0.2) is 16.0 Å². The molecule has 4 heteroatoms. The smallest absolute Gasteiger partial charge is 0.326 e. The summed E-state index contributed by atoms with van der Waals surface area (Å²) in [5.41, 5.74) is 0. The number of hydrogen-bond donors (Lipinski definition) is 1. The molecule has 1 atom stereocenters. The topological polar surface area (TPSA) is 20.2 Å². The zero-order valence-corrected chi connectivity index (χ0v) is 8.78. The molecule has 0 radical (unpaired) electrons. The van der Waals surface area contributed by atoms with Gasteiger partial charge < -0.3 is 5.11 Å². The van der Waals surface area contributed by atoms with E-state index in [2.05, 4.69) is 22.9 Å². The van der Waals surface area contributed by atoms with Crippen molar-refractivity contribution >= 4 is 15.9 Å². The van der Waals surface area contributed by atoms with E-state index in [1.165, 1.54) is 0 Å². The summed E-state index contributed by atoms with van der Waals surface area (Å²) in [6, 6.07) is 0. The van der Waals surface area contributed by atoms with Gasteiger partial charge in [-0.2, -0.15) is 8.78 Å². The van der Waals surface area contributed by atoms with Crippen molar-refractivity contribution < 1.29 is 13.9 Å². The Bertz CT molecular complexity index is 114. The van der Waals surface area contributed by atoms with Gasteiger partial charge in [-0.1, -0.05) is 32.6 Å². The third-order valence-electron chi connectivity index (χ3n) is 1.71. The lowest BCUT2D eigenvalue weighted by molar-refractivity contribution is -0.0327. The molecule has 0 amide bonds. The summed E-state index contributed by atoms with van der Waals surface area (Å²) in [6.45, 7) is 2.05. The lowest BCUT2D eigenvalue weighted by Gasteiger charge is -2.15. The van der Waals surface area contributed by atoms with Gasteiger partial charge in [-0.05, 0) is 22.4 Å². The van der Waals surface area contributed by atoms with E-state index in [0.717, 1.165) is 19.3 Å². The van der Waals surface area contributed by atoms with E-state index in [1.807, 2.05) is 0 Å². The molecular formula is C8H15BrF2O. The number of halogens is 3. The van der Waals surface area contributed by atoms with Crippen molar-refractivity contribution in [1.29, 1.82) is 0 Å². The number of rotatable bonds is 6. The van der Waals surface area contributed by atoms with E-state index in [4.69, 9.17) is 5.11 Å². The highest BCUT2D eigenvalue weighted by molar-refractivity contribution is 9.10. The van der Waals surface area contributed by atoms with E-state index in [1.54, 1.807) is 0 Å². The minimum atomic E-state index is -3.13. The van der Waals surface area contributed by atoms with Gasteiger partial charge in [0, 0.05) is 0 Å². The molecule has 0 aromatic carbocycles. The number of aliphatic hydroxyl groups is 1. The Kier molecular flexibility index (Phi) is 6.01. The van der Waals surface area contributed by atoms with Crippen molar-refractivity contribution in [3.05, 3.63) is 0 Å². The molecule has 0 saturated carbocycles. The summed E-state index contributed by atoms with van der Waals surface area (Å²) in [6.07, 6.45) is 2.31. The molecular weight excluding hydrogens is 230 g/mol. The Labute approximate surface area is 80.3 Å². The van der Waals surface area contributed by atoms with Gasteiger partial charge >= 0.3 is 4.83 Å². The van der Waals surface area contributed by atoms with Crippen molar-refractivity contribution in [2.45, 2.75) is 50.0 Å². The molecule has 0 saturated heterocycles. The maximum Gasteiger partial charge on any atom is 0.326 e. The Morgan fingerprint density at radius 3 is 2.33 bits per heavy atom. The number of hydrogen-bond acceptors (Lipinski definition) is 1. The average molecular weight is 245 g/mol. The van der Waals surface area contributed by atoms with Crippen LogP contribution in [0.25, 0.3) is 0 Å². The summed E-state index contributed by atoms with van der Waals surface area (Å²) in [5.74, 6) is 0. The largest absolute Gasteiger partial charge is 0.386 e. The molecule has 0 aliphatic carbocycles. The summed E-state index contributed by atoms with van der Waals surface area (Å²) < 4.78 is 24.6. The Hall–Kier alpha value is 0.300. The molecule has 0 heterocycles. The van der Waals surface area contributed by atoms with Crippen LogP contribution in [-0.2, 0) is 0 Å². The van der Waals surface area contributed by atoms with Crippen molar-refractivity contribution in [2.24, 2.45) is 0 Å². The van der Waals surface area contributed by atoms with Gasteiger partial charge in [0.05, 0.1) is 0 Å². The van der Waals surface area contributed by atoms with Crippen LogP contribution in [0.3, 0.4) is 0 Å². The minimum Gasteiger partial charge on any atom is -0.386 e. The fraction of sp³-hybridized carbons (Fsp3) is 1.00. The number of unbranched alkanes of at least 4 members (excludes halogenated alkanes) is 3. The zero-order chi connectivity index (χ0) is 9.61. The molecule has 0 spiro atoms. The van der Waals surface area contributed by atoms with Gasteiger partial charge in [0.2, 0.25) is 0 Å². The van der Waals surface area contributed by atoms with E-state index >= 15 is 0 Å². The highest BCUT2D eigenvalue weighted by Crippen LogP contribution is 2.28. The average Bonchev–Trinajstić information content (AvgIpc) is 1.96. The lowest BCUT2D eigenvalue weighted by atomic mass is 10.1. The van der Waals surface area contributed by atoms with Gasteiger partial charge in [0.15, 0.2) is 0 Å². The fourth-order valence-corrected chi connectivity index (χ4v) is 1.16. The van der Waals surface area contributed by atoms with Crippen molar-refractivity contribution in [3.63, 3.8) is 0 Å². The molecule has 0 fully saturated rings. The molecule has 1 unspecified atom stereocenters. The first-order valence-corrected chi connectivity index (χ1v) is 5.02. The molecule has 1 N–H and O–H groups in total. The van der Waals surface area contributed by atoms with Crippen molar-refractivity contribution in [2.75, 3.05) is 0 Å². The van der Waals surface area contributed by atoms with E-state index < -0.39 is 10.9 Å². The third kappa shape index (κ3) is 5.89. The quantitative estimate of drug-likeness (QED) is 0.562. The first kappa shape index (κ1) is 12.3. The maximum atomic E-state index is 12.3. The van der Waals surface area contributed by atoms with Gasteiger partial charge in [-0.3, -0.25) is 0 Å². The van der Waals surface area contributed by atoms with Crippen molar-refractivity contribution in [1.82, 2.24) is 0 Å². The Morgan fingerprint density at radius 1 is 1.33 bits per heavy atom. The molecule has 0 aromatic rings. The molecule has 0 bridgehead atoms. The second-order valence-electron chi connectivity index (χ2n) is 2.91. The number of aliphatic hydroxyl groups excluding tert-OH is 1. The summed E-state index contributed by atoms with van der Waals surface area (Å²) >= 11 is 2.13. The van der Waals surface area contributed by atoms with Gasteiger partial charge in [0.25, 0.3) is 0 Å². The van der Waals surface area contributed by atoms with E-state index in [-0.39, 0.29) is 6.42 Å². The van der Waals surface area contributed by atoms with Crippen LogP contribution in [0.5, 0.6) is 0 Å². The predicted octanol–water partition coefficient (Wildman–Crippen LogP) is 3.31. The molecule has 0 aliphatic rings. The minimum absolute atomic E-state index is 0.165. The van der Waals surface area contributed by atoms with Crippen LogP contribution in [0.15, 0.2) is 0 Å². The van der Waals surface area contributed by atoms with Crippen LogP contribution < -0.4 is 0 Å². The van der Waals surface area contributed by atoms with Crippen LogP contribution in [0.1, 0.15) is 39.0 Å². The standard InChI is InChI=1S/C8H15BrF2O/c1-2-3-4-5-6-7(12)8(9,10)11/h7,12H,2-6H2,1H3. The molecule has 74 valence electrons. The molecule has 12 heavy (non-hydrogen) atoms. The fourth-order valence-electron chi connectivity index (χ4n) is 0.928. The van der Waals surface area contributed by atoms with Gasteiger partial charge in [-0.25, -0.2) is 0 Å². The normalized spacial score (nSPS) is 14.8. The van der Waals surface area contributed by atoms with Gasteiger partial charge in [-0.15, -0.1) is 0 Å². The molecule has 0 aromatic heterocycles. The first-order valence-electron chi connectivity index (χ1n) is 4.23. The van der Waals surface area contributed by atoms with Crippen LogP contribution >= 0.6 is 15.9 Å². The van der Waals surface area contributed by atoms with Crippen LogP contribution in [0.2, 0.25) is 0 Å². The highest BCUT2D eigenvalue weighted by atomic mass is 79.9. The third-order valence-corrected chi connectivity index (χ3v) is 2.24. The van der Waals surface area contributed by atoms with Crippen molar-refractivity contribution in [3.8, 4) is 0 Å². The number of alkyl halides is 3.